The molecular formula is C15H19ClF3N3. The van der Waals surface area contributed by atoms with Crippen LogP contribution in [0.2, 0.25) is 5.02 Å². The van der Waals surface area contributed by atoms with Gasteiger partial charge < -0.3 is 10.2 Å². The summed E-state index contributed by atoms with van der Waals surface area (Å²) in [6.07, 6.45) is 0.969. The number of pyridine rings is 1. The molecule has 7 heteroatoms. The lowest BCUT2D eigenvalue weighted by atomic mass is 9.88. The first-order valence-electron chi connectivity index (χ1n) is 7.66. The Balaban J connectivity index is 1.66. The lowest BCUT2D eigenvalue weighted by Gasteiger charge is -2.36. The number of rotatable bonds is 2. The van der Waals surface area contributed by atoms with Crippen molar-refractivity contribution in [1.82, 2.24) is 10.3 Å². The van der Waals surface area contributed by atoms with Crippen LogP contribution in [0.5, 0.6) is 0 Å². The standard InChI is InChI=1S/C15H19ClF3N3/c16-12-8-11(15(17,18)19)9-21-14(12)22-6-3-10(4-7-22)13-2-1-5-20-13/h8-10,13,20H,1-7H2. The summed E-state index contributed by atoms with van der Waals surface area (Å²) in [4.78, 5) is 5.94. The number of hydrogen-bond acceptors (Lipinski definition) is 3. The second-order valence-corrected chi connectivity index (χ2v) is 6.46. The van der Waals surface area contributed by atoms with Gasteiger partial charge in [-0.05, 0) is 44.2 Å². The van der Waals surface area contributed by atoms with E-state index in [9.17, 15) is 13.2 Å². The van der Waals surface area contributed by atoms with Gasteiger partial charge in [-0.25, -0.2) is 4.98 Å². The maximum absolute atomic E-state index is 12.6. The van der Waals surface area contributed by atoms with Crippen LogP contribution >= 0.6 is 11.6 Å². The number of halogens is 4. The largest absolute Gasteiger partial charge is 0.417 e. The van der Waals surface area contributed by atoms with Crippen LogP contribution in [0.25, 0.3) is 0 Å². The van der Waals surface area contributed by atoms with E-state index in [4.69, 9.17) is 11.6 Å². The Kier molecular flexibility index (Phi) is 4.50. The molecule has 1 atom stereocenters. The Morgan fingerprint density at radius 1 is 1.23 bits per heavy atom. The van der Waals surface area contributed by atoms with Crippen molar-refractivity contribution < 1.29 is 13.2 Å². The molecule has 1 N–H and O–H groups in total. The summed E-state index contributed by atoms with van der Waals surface area (Å²) in [5.41, 5.74) is -0.800. The summed E-state index contributed by atoms with van der Waals surface area (Å²) in [5.74, 6) is 1.11. The monoisotopic (exact) mass is 333 g/mol. The molecule has 0 aliphatic carbocycles. The maximum atomic E-state index is 12.6. The van der Waals surface area contributed by atoms with Crippen molar-refractivity contribution in [1.29, 1.82) is 0 Å². The van der Waals surface area contributed by atoms with Crippen LogP contribution in [0.3, 0.4) is 0 Å². The van der Waals surface area contributed by atoms with Crippen molar-refractivity contribution in [3.05, 3.63) is 22.8 Å². The molecule has 1 aromatic rings. The average molecular weight is 334 g/mol. The Morgan fingerprint density at radius 3 is 2.50 bits per heavy atom. The van der Waals surface area contributed by atoms with Crippen LogP contribution in [0.1, 0.15) is 31.2 Å². The number of anilines is 1. The van der Waals surface area contributed by atoms with Crippen molar-refractivity contribution in [2.24, 2.45) is 5.92 Å². The predicted octanol–water partition coefficient (Wildman–Crippen LogP) is 3.72. The molecule has 3 rings (SSSR count). The van der Waals surface area contributed by atoms with Gasteiger partial charge in [-0.2, -0.15) is 13.2 Å². The van der Waals surface area contributed by atoms with Gasteiger partial charge in [0.1, 0.15) is 5.82 Å². The molecule has 2 fully saturated rings. The van der Waals surface area contributed by atoms with Crippen LogP contribution in [0.15, 0.2) is 12.3 Å². The molecule has 22 heavy (non-hydrogen) atoms. The molecule has 122 valence electrons. The highest BCUT2D eigenvalue weighted by atomic mass is 35.5. The molecule has 2 saturated heterocycles. The molecule has 1 unspecified atom stereocenters. The van der Waals surface area contributed by atoms with Crippen molar-refractivity contribution in [2.45, 2.75) is 37.9 Å². The highest BCUT2D eigenvalue weighted by molar-refractivity contribution is 6.33. The molecular weight excluding hydrogens is 315 g/mol. The molecule has 0 spiro atoms. The van der Waals surface area contributed by atoms with E-state index in [0.717, 1.165) is 44.7 Å². The fraction of sp³-hybridized carbons (Fsp3) is 0.667. The van der Waals surface area contributed by atoms with E-state index in [1.54, 1.807) is 0 Å². The normalized spacial score (nSPS) is 24.0. The second-order valence-electron chi connectivity index (χ2n) is 6.05. The van der Waals surface area contributed by atoms with Gasteiger partial charge >= 0.3 is 6.18 Å². The first kappa shape index (κ1) is 15.9. The topological polar surface area (TPSA) is 28.2 Å². The van der Waals surface area contributed by atoms with E-state index in [2.05, 4.69) is 10.3 Å². The zero-order valence-electron chi connectivity index (χ0n) is 12.2. The van der Waals surface area contributed by atoms with E-state index >= 15 is 0 Å². The zero-order valence-corrected chi connectivity index (χ0v) is 12.9. The average Bonchev–Trinajstić information content (AvgIpc) is 3.01. The summed E-state index contributed by atoms with van der Waals surface area (Å²) in [6.45, 7) is 2.68. The van der Waals surface area contributed by atoms with Crippen LogP contribution in [-0.4, -0.2) is 30.7 Å². The molecule has 0 amide bonds. The van der Waals surface area contributed by atoms with Gasteiger partial charge in [-0.15, -0.1) is 0 Å². The minimum Gasteiger partial charge on any atom is -0.355 e. The van der Waals surface area contributed by atoms with Gasteiger partial charge in [0.15, 0.2) is 0 Å². The van der Waals surface area contributed by atoms with Crippen molar-refractivity contribution in [3.8, 4) is 0 Å². The number of aromatic nitrogens is 1. The summed E-state index contributed by atoms with van der Waals surface area (Å²) < 4.78 is 37.9. The molecule has 2 aliphatic rings. The summed E-state index contributed by atoms with van der Waals surface area (Å²) >= 11 is 6.02. The summed E-state index contributed by atoms with van der Waals surface area (Å²) in [5, 5.41) is 3.61. The fourth-order valence-electron chi connectivity index (χ4n) is 3.45. The first-order chi connectivity index (χ1) is 10.4. The Labute approximate surface area is 132 Å². The van der Waals surface area contributed by atoms with Crippen molar-refractivity contribution >= 4 is 17.4 Å². The number of hydrogen-bond donors (Lipinski definition) is 1. The van der Waals surface area contributed by atoms with E-state index in [1.165, 1.54) is 12.8 Å². The van der Waals surface area contributed by atoms with Crippen molar-refractivity contribution in [3.63, 3.8) is 0 Å². The predicted molar refractivity (Wildman–Crippen MR) is 80.2 cm³/mol. The van der Waals surface area contributed by atoms with Gasteiger partial charge in [-0.1, -0.05) is 11.6 Å². The third-order valence-electron chi connectivity index (χ3n) is 4.66. The first-order valence-corrected chi connectivity index (χ1v) is 8.04. The van der Waals surface area contributed by atoms with Gasteiger partial charge in [0.25, 0.3) is 0 Å². The highest BCUT2D eigenvalue weighted by Crippen LogP contribution is 2.35. The minimum atomic E-state index is -4.41. The second kappa shape index (κ2) is 6.24. The number of nitrogens with one attached hydrogen (secondary N) is 1. The number of piperidine rings is 1. The minimum absolute atomic E-state index is 0.0762. The Bertz CT molecular complexity index is 521. The highest BCUT2D eigenvalue weighted by Gasteiger charge is 2.33. The lowest BCUT2D eigenvalue weighted by Crippen LogP contribution is -2.41. The molecule has 1 aromatic heterocycles. The summed E-state index contributed by atoms with van der Waals surface area (Å²) in [6, 6.07) is 1.56. The quantitative estimate of drug-likeness (QED) is 0.894. The number of alkyl halides is 3. The molecule has 2 aliphatic heterocycles. The van der Waals surface area contributed by atoms with Crippen LogP contribution < -0.4 is 10.2 Å². The molecule has 0 bridgehead atoms. The van der Waals surface area contributed by atoms with Gasteiger partial charge in [0, 0.05) is 25.3 Å². The fourth-order valence-corrected chi connectivity index (χ4v) is 3.73. The van der Waals surface area contributed by atoms with Crippen molar-refractivity contribution in [2.75, 3.05) is 24.5 Å². The van der Waals surface area contributed by atoms with Gasteiger partial charge in [0.05, 0.1) is 10.6 Å². The molecule has 0 saturated carbocycles. The van der Waals surface area contributed by atoms with E-state index in [0.29, 0.717) is 17.8 Å². The van der Waals surface area contributed by atoms with Crippen LogP contribution in [0, 0.1) is 5.92 Å². The van der Waals surface area contributed by atoms with Crippen LogP contribution in [-0.2, 0) is 6.18 Å². The lowest BCUT2D eigenvalue weighted by molar-refractivity contribution is -0.137. The van der Waals surface area contributed by atoms with E-state index < -0.39 is 11.7 Å². The molecule has 3 nitrogen and oxygen atoms in total. The van der Waals surface area contributed by atoms with E-state index in [-0.39, 0.29) is 5.02 Å². The Hall–Kier alpha value is -1.01. The van der Waals surface area contributed by atoms with Gasteiger partial charge in [0.2, 0.25) is 0 Å². The zero-order chi connectivity index (χ0) is 15.7. The molecule has 0 radical (unpaired) electrons. The van der Waals surface area contributed by atoms with E-state index in [1.807, 2.05) is 4.90 Å². The molecule has 0 aromatic carbocycles. The maximum Gasteiger partial charge on any atom is 0.417 e. The SMILES string of the molecule is FC(F)(F)c1cnc(N2CCC(C3CCCN3)CC2)c(Cl)c1. The van der Waals surface area contributed by atoms with Gasteiger partial charge in [-0.3, -0.25) is 0 Å². The third-order valence-corrected chi connectivity index (χ3v) is 4.93. The van der Waals surface area contributed by atoms with Crippen LogP contribution in [0.4, 0.5) is 19.0 Å². The molecule has 3 heterocycles. The number of nitrogens with zero attached hydrogens (tertiary/aromatic N) is 2. The summed E-state index contributed by atoms with van der Waals surface area (Å²) in [7, 11) is 0. The Morgan fingerprint density at radius 2 is 1.95 bits per heavy atom. The smallest absolute Gasteiger partial charge is 0.355 e. The third kappa shape index (κ3) is 3.33.